The van der Waals surface area contributed by atoms with Gasteiger partial charge in [-0.05, 0) is 25.0 Å². The van der Waals surface area contributed by atoms with Crippen LogP contribution in [0.25, 0.3) is 0 Å². The van der Waals surface area contributed by atoms with Crippen LogP contribution >= 0.6 is 0 Å². The molecule has 1 aliphatic rings. The van der Waals surface area contributed by atoms with Crippen molar-refractivity contribution in [3.05, 3.63) is 41.9 Å². The smallest absolute Gasteiger partial charge is 0.343 e. The van der Waals surface area contributed by atoms with Crippen molar-refractivity contribution in [2.45, 2.75) is 19.4 Å². The van der Waals surface area contributed by atoms with Crippen molar-refractivity contribution < 1.29 is 9.53 Å². The van der Waals surface area contributed by atoms with Gasteiger partial charge < -0.3 is 10.1 Å². The monoisotopic (exact) mass is 272 g/mol. The molecule has 3 heterocycles. The Morgan fingerprint density at radius 3 is 3.20 bits per heavy atom. The Hall–Kier alpha value is -2.37. The van der Waals surface area contributed by atoms with Gasteiger partial charge in [-0.1, -0.05) is 6.07 Å². The molecule has 0 amide bonds. The van der Waals surface area contributed by atoms with Crippen molar-refractivity contribution in [1.82, 2.24) is 14.8 Å². The third-order valence-electron chi connectivity index (χ3n) is 3.37. The summed E-state index contributed by atoms with van der Waals surface area (Å²) in [6.07, 6.45) is 6.06. The average Bonchev–Trinajstić information content (AvgIpc) is 2.92. The minimum Gasteiger partial charge on any atom is -0.462 e. The van der Waals surface area contributed by atoms with Crippen LogP contribution in [-0.4, -0.2) is 33.9 Å². The molecule has 0 aliphatic carbocycles. The molecule has 2 aromatic rings. The zero-order valence-corrected chi connectivity index (χ0v) is 11.2. The standard InChI is InChI=1S/C14H16N4O2/c1-2-20-14(19)11-9-17-18-12(5-7-16-13(11)18)10-4-3-6-15-8-10/h3-4,6,8-9,12,16H,2,5,7H2,1H3. The number of anilines is 1. The summed E-state index contributed by atoms with van der Waals surface area (Å²) < 4.78 is 6.89. The summed E-state index contributed by atoms with van der Waals surface area (Å²) >= 11 is 0. The van der Waals surface area contributed by atoms with E-state index < -0.39 is 0 Å². The third kappa shape index (κ3) is 2.13. The van der Waals surface area contributed by atoms with Gasteiger partial charge in [0.15, 0.2) is 0 Å². The number of hydrogen-bond acceptors (Lipinski definition) is 5. The number of nitrogens with zero attached hydrogens (tertiary/aromatic N) is 3. The molecule has 1 aliphatic heterocycles. The molecular weight excluding hydrogens is 256 g/mol. The van der Waals surface area contributed by atoms with Crippen molar-refractivity contribution >= 4 is 11.8 Å². The number of fused-ring (bicyclic) bond motifs is 1. The molecule has 104 valence electrons. The molecule has 0 radical (unpaired) electrons. The highest BCUT2D eigenvalue weighted by atomic mass is 16.5. The van der Waals surface area contributed by atoms with Crippen LogP contribution in [0.3, 0.4) is 0 Å². The maximum atomic E-state index is 11.9. The molecule has 3 rings (SSSR count). The molecule has 1 unspecified atom stereocenters. The van der Waals surface area contributed by atoms with E-state index in [1.807, 2.05) is 23.0 Å². The Labute approximate surface area is 116 Å². The molecule has 6 heteroatoms. The molecule has 0 aromatic carbocycles. The van der Waals surface area contributed by atoms with Gasteiger partial charge in [0.25, 0.3) is 0 Å². The van der Waals surface area contributed by atoms with Gasteiger partial charge in [0.05, 0.1) is 18.8 Å². The maximum Gasteiger partial charge on any atom is 0.343 e. The third-order valence-corrected chi connectivity index (χ3v) is 3.37. The fraction of sp³-hybridized carbons (Fsp3) is 0.357. The molecule has 0 saturated heterocycles. The van der Waals surface area contributed by atoms with Crippen molar-refractivity contribution in [1.29, 1.82) is 0 Å². The Bertz CT molecular complexity index is 609. The second kappa shape index (κ2) is 5.32. The number of ether oxygens (including phenoxy) is 1. The lowest BCUT2D eigenvalue weighted by atomic mass is 10.0. The number of aromatic nitrogens is 3. The fourth-order valence-electron chi connectivity index (χ4n) is 2.46. The lowest BCUT2D eigenvalue weighted by molar-refractivity contribution is 0.0527. The average molecular weight is 272 g/mol. The number of carbonyl (C=O) groups excluding carboxylic acids is 1. The number of nitrogens with one attached hydrogen (secondary N) is 1. The molecule has 0 spiro atoms. The van der Waals surface area contributed by atoms with Crippen LogP contribution in [0.4, 0.5) is 5.82 Å². The summed E-state index contributed by atoms with van der Waals surface area (Å²) in [5.41, 5.74) is 1.58. The SMILES string of the molecule is CCOC(=O)c1cnn2c1NCCC2c1cccnc1. The fourth-order valence-corrected chi connectivity index (χ4v) is 2.46. The number of rotatable bonds is 3. The lowest BCUT2D eigenvalue weighted by Gasteiger charge is -2.26. The number of carbonyl (C=O) groups is 1. The van der Waals surface area contributed by atoms with E-state index in [-0.39, 0.29) is 12.0 Å². The number of hydrogen-bond donors (Lipinski definition) is 1. The Balaban J connectivity index is 1.97. The van der Waals surface area contributed by atoms with Gasteiger partial charge in [0.1, 0.15) is 11.4 Å². The van der Waals surface area contributed by atoms with E-state index in [1.54, 1.807) is 19.3 Å². The highest BCUT2D eigenvalue weighted by molar-refractivity contribution is 5.94. The van der Waals surface area contributed by atoms with E-state index in [0.29, 0.717) is 12.2 Å². The van der Waals surface area contributed by atoms with E-state index in [2.05, 4.69) is 15.4 Å². The summed E-state index contributed by atoms with van der Waals surface area (Å²) in [4.78, 5) is 16.0. The van der Waals surface area contributed by atoms with Gasteiger partial charge >= 0.3 is 5.97 Å². The van der Waals surface area contributed by atoms with E-state index in [1.165, 1.54) is 0 Å². The van der Waals surface area contributed by atoms with E-state index in [0.717, 1.165) is 24.3 Å². The molecule has 0 saturated carbocycles. The van der Waals surface area contributed by atoms with Crippen molar-refractivity contribution in [3.8, 4) is 0 Å². The molecule has 1 atom stereocenters. The molecule has 2 aromatic heterocycles. The highest BCUT2D eigenvalue weighted by Gasteiger charge is 2.27. The molecule has 20 heavy (non-hydrogen) atoms. The van der Waals surface area contributed by atoms with Crippen LogP contribution in [0.1, 0.15) is 35.3 Å². The minimum atomic E-state index is -0.340. The second-order valence-corrected chi connectivity index (χ2v) is 4.59. The van der Waals surface area contributed by atoms with Crippen LogP contribution in [0.2, 0.25) is 0 Å². The summed E-state index contributed by atoms with van der Waals surface area (Å²) in [7, 11) is 0. The van der Waals surface area contributed by atoms with Gasteiger partial charge in [0, 0.05) is 18.9 Å². The topological polar surface area (TPSA) is 69.0 Å². The van der Waals surface area contributed by atoms with Gasteiger partial charge in [-0.15, -0.1) is 0 Å². The summed E-state index contributed by atoms with van der Waals surface area (Å²) in [5.74, 6) is 0.386. The summed E-state index contributed by atoms with van der Waals surface area (Å²) in [6.45, 7) is 2.94. The van der Waals surface area contributed by atoms with E-state index in [9.17, 15) is 4.79 Å². The summed E-state index contributed by atoms with van der Waals surface area (Å²) in [6, 6.07) is 4.04. The predicted molar refractivity (Wildman–Crippen MR) is 73.7 cm³/mol. The van der Waals surface area contributed by atoms with Crippen molar-refractivity contribution in [2.24, 2.45) is 0 Å². The van der Waals surface area contributed by atoms with Gasteiger partial charge in [-0.3, -0.25) is 4.98 Å². The maximum absolute atomic E-state index is 11.9. The molecule has 0 bridgehead atoms. The van der Waals surface area contributed by atoms with E-state index in [4.69, 9.17) is 4.74 Å². The van der Waals surface area contributed by atoms with Gasteiger partial charge in [0.2, 0.25) is 0 Å². The minimum absolute atomic E-state index is 0.100. The van der Waals surface area contributed by atoms with Gasteiger partial charge in [-0.2, -0.15) is 5.10 Å². The first-order chi connectivity index (χ1) is 9.81. The van der Waals surface area contributed by atoms with Crippen LogP contribution in [0.5, 0.6) is 0 Å². The Morgan fingerprint density at radius 1 is 1.55 bits per heavy atom. The van der Waals surface area contributed by atoms with Crippen molar-refractivity contribution in [2.75, 3.05) is 18.5 Å². The first kappa shape index (κ1) is 12.7. The summed E-state index contributed by atoms with van der Waals surface area (Å²) in [5, 5.41) is 7.57. The zero-order valence-electron chi connectivity index (χ0n) is 11.2. The quantitative estimate of drug-likeness (QED) is 0.864. The zero-order chi connectivity index (χ0) is 13.9. The normalized spacial score (nSPS) is 17.1. The van der Waals surface area contributed by atoms with Crippen LogP contribution in [-0.2, 0) is 4.74 Å². The van der Waals surface area contributed by atoms with Crippen LogP contribution in [0.15, 0.2) is 30.7 Å². The van der Waals surface area contributed by atoms with Crippen molar-refractivity contribution in [3.63, 3.8) is 0 Å². The Kier molecular flexibility index (Phi) is 3.37. The van der Waals surface area contributed by atoms with E-state index >= 15 is 0 Å². The molecule has 1 N–H and O–H groups in total. The van der Waals surface area contributed by atoms with Gasteiger partial charge in [-0.25, -0.2) is 9.48 Å². The predicted octanol–water partition coefficient (Wildman–Crippen LogP) is 1.86. The molecule has 0 fully saturated rings. The second-order valence-electron chi connectivity index (χ2n) is 4.59. The first-order valence-corrected chi connectivity index (χ1v) is 6.69. The number of pyridine rings is 1. The molecular formula is C14H16N4O2. The highest BCUT2D eigenvalue weighted by Crippen LogP contribution is 2.31. The lowest BCUT2D eigenvalue weighted by Crippen LogP contribution is -2.25. The molecule has 6 nitrogen and oxygen atoms in total. The Morgan fingerprint density at radius 2 is 2.45 bits per heavy atom. The number of esters is 1. The largest absolute Gasteiger partial charge is 0.462 e. The van der Waals surface area contributed by atoms with Crippen LogP contribution in [0, 0.1) is 0 Å². The first-order valence-electron chi connectivity index (χ1n) is 6.69. The van der Waals surface area contributed by atoms with Crippen LogP contribution < -0.4 is 5.32 Å².